The minimum atomic E-state index is 0.179. The zero-order valence-electron chi connectivity index (χ0n) is 9.47. The molecule has 0 saturated heterocycles. The highest BCUT2D eigenvalue weighted by molar-refractivity contribution is 5.05. The van der Waals surface area contributed by atoms with Crippen molar-refractivity contribution in [3.8, 4) is 0 Å². The van der Waals surface area contributed by atoms with E-state index in [1.807, 2.05) is 19.1 Å². The summed E-state index contributed by atoms with van der Waals surface area (Å²) in [5, 5.41) is 3.32. The lowest BCUT2D eigenvalue weighted by molar-refractivity contribution is 0.428. The molecular weight excluding hydrogens is 202 g/mol. The maximum atomic E-state index is 5.30. The Kier molecular flexibility index (Phi) is 3.31. The SMILES string of the molecule is Cc1cnc(CNC(C)c2ccco2)cn1. The second-order valence-electron chi connectivity index (χ2n) is 3.77. The average molecular weight is 217 g/mol. The van der Waals surface area contributed by atoms with Crippen LogP contribution in [0.25, 0.3) is 0 Å². The molecule has 4 nitrogen and oxygen atoms in total. The van der Waals surface area contributed by atoms with Crippen LogP contribution in [0.2, 0.25) is 0 Å². The van der Waals surface area contributed by atoms with Crippen molar-refractivity contribution >= 4 is 0 Å². The first-order chi connectivity index (χ1) is 7.75. The first kappa shape index (κ1) is 10.8. The number of furan rings is 1. The standard InChI is InChI=1S/C12H15N3O/c1-9-6-15-11(7-13-9)8-14-10(2)12-4-3-5-16-12/h3-7,10,14H,8H2,1-2H3. The largest absolute Gasteiger partial charge is 0.468 e. The predicted molar refractivity (Wildman–Crippen MR) is 60.7 cm³/mol. The third-order valence-electron chi connectivity index (χ3n) is 2.39. The molecule has 0 aliphatic rings. The van der Waals surface area contributed by atoms with Crippen LogP contribution in [0.5, 0.6) is 0 Å². The van der Waals surface area contributed by atoms with Crippen LogP contribution in [-0.2, 0) is 6.54 Å². The van der Waals surface area contributed by atoms with Crippen molar-refractivity contribution in [2.45, 2.75) is 26.4 Å². The van der Waals surface area contributed by atoms with Gasteiger partial charge in [-0.2, -0.15) is 0 Å². The maximum Gasteiger partial charge on any atom is 0.120 e. The van der Waals surface area contributed by atoms with Gasteiger partial charge in [0.25, 0.3) is 0 Å². The van der Waals surface area contributed by atoms with E-state index in [9.17, 15) is 0 Å². The Labute approximate surface area is 94.7 Å². The molecule has 0 spiro atoms. The van der Waals surface area contributed by atoms with Crippen molar-refractivity contribution in [2.75, 3.05) is 0 Å². The molecule has 84 valence electrons. The Morgan fingerprint density at radius 3 is 2.88 bits per heavy atom. The van der Waals surface area contributed by atoms with Gasteiger partial charge in [-0.1, -0.05) is 0 Å². The van der Waals surface area contributed by atoms with Crippen molar-refractivity contribution in [1.29, 1.82) is 0 Å². The summed E-state index contributed by atoms with van der Waals surface area (Å²) in [6, 6.07) is 4.02. The van der Waals surface area contributed by atoms with E-state index >= 15 is 0 Å². The van der Waals surface area contributed by atoms with E-state index in [2.05, 4.69) is 22.2 Å². The van der Waals surface area contributed by atoms with Gasteiger partial charge in [-0.15, -0.1) is 0 Å². The average Bonchev–Trinajstić information content (AvgIpc) is 2.81. The quantitative estimate of drug-likeness (QED) is 0.853. The Hall–Kier alpha value is -1.68. The highest BCUT2D eigenvalue weighted by Gasteiger charge is 2.07. The van der Waals surface area contributed by atoms with Gasteiger partial charge < -0.3 is 9.73 Å². The summed E-state index contributed by atoms with van der Waals surface area (Å²) < 4.78 is 5.30. The van der Waals surface area contributed by atoms with Gasteiger partial charge >= 0.3 is 0 Å². The van der Waals surface area contributed by atoms with Gasteiger partial charge in [0.15, 0.2) is 0 Å². The van der Waals surface area contributed by atoms with Gasteiger partial charge in [0.1, 0.15) is 5.76 Å². The fourth-order valence-corrected chi connectivity index (χ4v) is 1.41. The Morgan fingerprint density at radius 2 is 2.25 bits per heavy atom. The van der Waals surface area contributed by atoms with E-state index in [-0.39, 0.29) is 6.04 Å². The minimum Gasteiger partial charge on any atom is -0.468 e. The first-order valence-electron chi connectivity index (χ1n) is 5.30. The molecule has 2 aromatic rings. The smallest absolute Gasteiger partial charge is 0.120 e. The molecule has 0 fully saturated rings. The van der Waals surface area contributed by atoms with Crippen LogP contribution >= 0.6 is 0 Å². The zero-order valence-corrected chi connectivity index (χ0v) is 9.47. The molecule has 0 aliphatic carbocycles. The number of nitrogens with one attached hydrogen (secondary N) is 1. The fourth-order valence-electron chi connectivity index (χ4n) is 1.41. The first-order valence-corrected chi connectivity index (χ1v) is 5.30. The topological polar surface area (TPSA) is 51.0 Å². The number of aryl methyl sites for hydroxylation is 1. The summed E-state index contributed by atoms with van der Waals surface area (Å²) in [6.07, 6.45) is 5.24. The molecule has 0 aliphatic heterocycles. The molecule has 1 N–H and O–H groups in total. The van der Waals surface area contributed by atoms with Gasteiger partial charge in [-0.3, -0.25) is 9.97 Å². The number of aromatic nitrogens is 2. The second-order valence-corrected chi connectivity index (χ2v) is 3.77. The number of nitrogens with zero attached hydrogens (tertiary/aromatic N) is 2. The van der Waals surface area contributed by atoms with Crippen LogP contribution in [0.3, 0.4) is 0 Å². The van der Waals surface area contributed by atoms with E-state index in [1.54, 1.807) is 18.7 Å². The monoisotopic (exact) mass is 217 g/mol. The van der Waals surface area contributed by atoms with E-state index in [0.29, 0.717) is 6.54 Å². The molecule has 2 heterocycles. The molecule has 1 unspecified atom stereocenters. The number of hydrogen-bond acceptors (Lipinski definition) is 4. The number of rotatable bonds is 4. The van der Waals surface area contributed by atoms with E-state index < -0.39 is 0 Å². The van der Waals surface area contributed by atoms with Gasteiger partial charge in [-0.05, 0) is 26.0 Å². The predicted octanol–water partition coefficient (Wildman–Crippen LogP) is 2.23. The summed E-state index contributed by atoms with van der Waals surface area (Å²) in [5.74, 6) is 0.931. The van der Waals surface area contributed by atoms with Gasteiger partial charge in [0.05, 0.1) is 23.7 Å². The van der Waals surface area contributed by atoms with E-state index in [0.717, 1.165) is 17.1 Å². The molecule has 1 atom stereocenters. The molecule has 16 heavy (non-hydrogen) atoms. The molecule has 0 radical (unpaired) electrons. The summed E-state index contributed by atoms with van der Waals surface area (Å²) in [6.45, 7) is 4.67. The van der Waals surface area contributed by atoms with Gasteiger partial charge in [-0.25, -0.2) is 0 Å². The van der Waals surface area contributed by atoms with Crippen LogP contribution in [0.1, 0.15) is 30.1 Å². The van der Waals surface area contributed by atoms with Crippen molar-refractivity contribution in [2.24, 2.45) is 0 Å². The Balaban J connectivity index is 1.90. The maximum absolute atomic E-state index is 5.30. The van der Waals surface area contributed by atoms with Crippen molar-refractivity contribution < 1.29 is 4.42 Å². The highest BCUT2D eigenvalue weighted by Crippen LogP contribution is 2.12. The van der Waals surface area contributed by atoms with E-state index in [1.165, 1.54) is 0 Å². The molecule has 0 saturated carbocycles. The molecule has 2 rings (SSSR count). The van der Waals surface area contributed by atoms with Crippen molar-refractivity contribution in [3.05, 3.63) is 47.9 Å². The van der Waals surface area contributed by atoms with E-state index in [4.69, 9.17) is 4.42 Å². The van der Waals surface area contributed by atoms with Crippen LogP contribution in [0.4, 0.5) is 0 Å². The minimum absolute atomic E-state index is 0.179. The molecule has 0 amide bonds. The molecule has 2 aromatic heterocycles. The van der Waals surface area contributed by atoms with Crippen LogP contribution in [0.15, 0.2) is 35.2 Å². The summed E-state index contributed by atoms with van der Waals surface area (Å²) in [5.41, 5.74) is 1.87. The summed E-state index contributed by atoms with van der Waals surface area (Å²) in [4.78, 5) is 8.47. The normalized spacial score (nSPS) is 12.6. The molecule has 4 heteroatoms. The second kappa shape index (κ2) is 4.90. The molecular formula is C12H15N3O. The summed E-state index contributed by atoms with van der Waals surface area (Å²) >= 11 is 0. The van der Waals surface area contributed by atoms with Crippen LogP contribution in [0, 0.1) is 6.92 Å². The lowest BCUT2D eigenvalue weighted by atomic mass is 10.2. The fraction of sp³-hybridized carbons (Fsp3) is 0.333. The Bertz CT molecular complexity index is 422. The van der Waals surface area contributed by atoms with Crippen LogP contribution < -0.4 is 5.32 Å². The Morgan fingerprint density at radius 1 is 1.38 bits per heavy atom. The number of hydrogen-bond donors (Lipinski definition) is 1. The highest BCUT2D eigenvalue weighted by atomic mass is 16.3. The van der Waals surface area contributed by atoms with Crippen molar-refractivity contribution in [3.63, 3.8) is 0 Å². The summed E-state index contributed by atoms with van der Waals surface area (Å²) in [7, 11) is 0. The van der Waals surface area contributed by atoms with Gasteiger partial charge in [0.2, 0.25) is 0 Å². The van der Waals surface area contributed by atoms with Gasteiger partial charge in [0, 0.05) is 18.9 Å². The van der Waals surface area contributed by atoms with Crippen LogP contribution in [-0.4, -0.2) is 9.97 Å². The third-order valence-corrected chi connectivity index (χ3v) is 2.39. The third kappa shape index (κ3) is 2.67. The lowest BCUT2D eigenvalue weighted by Gasteiger charge is -2.10. The zero-order chi connectivity index (χ0) is 11.4. The van der Waals surface area contributed by atoms with Crippen molar-refractivity contribution in [1.82, 2.24) is 15.3 Å². The molecule has 0 aromatic carbocycles. The molecule has 0 bridgehead atoms. The lowest BCUT2D eigenvalue weighted by Crippen LogP contribution is -2.18.